The van der Waals surface area contributed by atoms with Crippen LogP contribution in [0.2, 0.25) is 0 Å². The first-order valence-corrected chi connectivity index (χ1v) is 11.6. The van der Waals surface area contributed by atoms with E-state index in [0.717, 1.165) is 27.8 Å². The van der Waals surface area contributed by atoms with E-state index in [1.54, 1.807) is 0 Å². The van der Waals surface area contributed by atoms with Crippen molar-refractivity contribution in [1.29, 1.82) is 0 Å². The third-order valence-corrected chi connectivity index (χ3v) is 5.86. The number of rotatable bonds is 10. The molecule has 0 aliphatic rings. The molecule has 0 saturated carbocycles. The van der Waals surface area contributed by atoms with Crippen LogP contribution in [0.3, 0.4) is 0 Å². The number of carboxylic acid groups (broad SMARTS) is 1. The summed E-state index contributed by atoms with van der Waals surface area (Å²) in [5.41, 5.74) is 4.54. The van der Waals surface area contributed by atoms with E-state index in [1.165, 1.54) is 4.90 Å². The molecule has 4 aromatic rings. The van der Waals surface area contributed by atoms with Crippen molar-refractivity contribution in [3.05, 3.63) is 90.0 Å². The first-order chi connectivity index (χ1) is 17.1. The van der Waals surface area contributed by atoms with Crippen LogP contribution < -0.4 is 0 Å². The van der Waals surface area contributed by atoms with Gasteiger partial charge in [-0.15, -0.1) is 5.10 Å². The van der Waals surface area contributed by atoms with Gasteiger partial charge in [0.25, 0.3) is 0 Å². The maximum absolute atomic E-state index is 13.0. The van der Waals surface area contributed by atoms with Crippen LogP contribution in [0.15, 0.2) is 78.9 Å². The van der Waals surface area contributed by atoms with Crippen molar-refractivity contribution in [3.63, 3.8) is 0 Å². The quantitative estimate of drug-likeness (QED) is 0.357. The fourth-order valence-electron chi connectivity index (χ4n) is 4.10. The Kier molecular flexibility index (Phi) is 7.62. The molecule has 8 heteroatoms. The van der Waals surface area contributed by atoms with Gasteiger partial charge in [0, 0.05) is 24.9 Å². The molecule has 1 heterocycles. The molecule has 0 aliphatic heterocycles. The van der Waals surface area contributed by atoms with Crippen molar-refractivity contribution < 1.29 is 14.7 Å². The molecule has 8 nitrogen and oxygen atoms in total. The van der Waals surface area contributed by atoms with Gasteiger partial charge in [0.2, 0.25) is 5.91 Å². The summed E-state index contributed by atoms with van der Waals surface area (Å²) < 4.78 is 0. The SMILES string of the molecule is CCCC(=O)N(Cc1ccc(-c2ccccc2-c2nnn[nH]2)cc1)[C@@H](Cc1ccccc1)C(=O)O. The predicted molar refractivity (Wildman–Crippen MR) is 132 cm³/mol. The highest BCUT2D eigenvalue weighted by Crippen LogP contribution is 2.30. The number of nitrogens with zero attached hydrogens (tertiary/aromatic N) is 4. The zero-order valence-corrected chi connectivity index (χ0v) is 19.5. The fraction of sp³-hybridized carbons (Fsp3) is 0.222. The zero-order valence-electron chi connectivity index (χ0n) is 19.5. The van der Waals surface area contributed by atoms with Crippen molar-refractivity contribution in [2.75, 3.05) is 0 Å². The first kappa shape index (κ1) is 23.8. The normalized spacial score (nSPS) is 11.7. The lowest BCUT2D eigenvalue weighted by molar-refractivity contribution is -0.150. The second-order valence-electron chi connectivity index (χ2n) is 8.31. The second-order valence-corrected chi connectivity index (χ2v) is 8.31. The van der Waals surface area contributed by atoms with Crippen LogP contribution in [0.25, 0.3) is 22.5 Å². The van der Waals surface area contributed by atoms with Gasteiger partial charge in [-0.25, -0.2) is 9.89 Å². The lowest BCUT2D eigenvalue weighted by Crippen LogP contribution is -2.45. The maximum atomic E-state index is 13.0. The molecule has 3 aromatic carbocycles. The van der Waals surface area contributed by atoms with Crippen LogP contribution in [-0.2, 0) is 22.6 Å². The van der Waals surface area contributed by atoms with Gasteiger partial charge in [-0.3, -0.25) is 4.79 Å². The summed E-state index contributed by atoms with van der Waals surface area (Å²) in [5, 5.41) is 24.1. The number of carbonyl (C=O) groups is 2. The smallest absolute Gasteiger partial charge is 0.326 e. The molecule has 0 bridgehead atoms. The number of hydrogen-bond donors (Lipinski definition) is 2. The molecular formula is C27H27N5O3. The number of amides is 1. The van der Waals surface area contributed by atoms with E-state index in [2.05, 4.69) is 20.6 Å². The standard InChI is InChI=1S/C27H27N5O3/c1-2-8-25(33)32(24(27(34)35)17-19-9-4-3-5-10-19)18-20-13-15-21(16-14-20)22-11-6-7-12-23(22)26-28-30-31-29-26/h3-7,9-16,24H,2,8,17-18H2,1H3,(H,34,35)(H,28,29,30,31)/t24-/m0/s1. The Hall–Kier alpha value is -4.33. The minimum absolute atomic E-state index is 0.164. The van der Waals surface area contributed by atoms with E-state index in [4.69, 9.17) is 0 Å². The van der Waals surface area contributed by atoms with Crippen molar-refractivity contribution >= 4 is 11.9 Å². The fourth-order valence-corrected chi connectivity index (χ4v) is 4.10. The third-order valence-electron chi connectivity index (χ3n) is 5.86. The number of H-pyrrole nitrogens is 1. The Morgan fingerprint density at radius 1 is 0.914 bits per heavy atom. The van der Waals surface area contributed by atoms with Crippen molar-refractivity contribution in [1.82, 2.24) is 25.5 Å². The number of nitrogens with one attached hydrogen (secondary N) is 1. The second kappa shape index (κ2) is 11.2. The number of aromatic amines is 1. The third kappa shape index (κ3) is 5.78. The van der Waals surface area contributed by atoms with E-state index < -0.39 is 12.0 Å². The van der Waals surface area contributed by atoms with E-state index in [1.807, 2.05) is 85.8 Å². The molecule has 1 atom stereocenters. The van der Waals surface area contributed by atoms with Crippen molar-refractivity contribution in [3.8, 4) is 22.5 Å². The molecule has 1 amide bonds. The Morgan fingerprint density at radius 3 is 2.23 bits per heavy atom. The number of aliphatic carboxylic acids is 1. The van der Waals surface area contributed by atoms with E-state index >= 15 is 0 Å². The van der Waals surface area contributed by atoms with Crippen LogP contribution >= 0.6 is 0 Å². The molecule has 0 fully saturated rings. The van der Waals surface area contributed by atoms with Crippen molar-refractivity contribution in [2.45, 2.75) is 38.8 Å². The summed E-state index contributed by atoms with van der Waals surface area (Å²) >= 11 is 0. The topological polar surface area (TPSA) is 112 Å². The summed E-state index contributed by atoms with van der Waals surface area (Å²) in [4.78, 5) is 26.7. The summed E-state index contributed by atoms with van der Waals surface area (Å²) in [5.74, 6) is -0.598. The monoisotopic (exact) mass is 469 g/mol. The van der Waals surface area contributed by atoms with Crippen LogP contribution in [-0.4, -0.2) is 48.5 Å². The number of aromatic nitrogens is 4. The van der Waals surface area contributed by atoms with Gasteiger partial charge in [-0.2, -0.15) is 0 Å². The van der Waals surface area contributed by atoms with Gasteiger partial charge < -0.3 is 10.0 Å². The summed E-state index contributed by atoms with van der Waals surface area (Å²) in [6.07, 6.45) is 1.21. The number of carboxylic acids is 1. The van der Waals surface area contributed by atoms with Gasteiger partial charge in [-0.05, 0) is 39.1 Å². The van der Waals surface area contributed by atoms with E-state index in [9.17, 15) is 14.7 Å². The lowest BCUT2D eigenvalue weighted by atomic mass is 9.98. The van der Waals surface area contributed by atoms with Gasteiger partial charge >= 0.3 is 5.97 Å². The molecule has 0 spiro atoms. The van der Waals surface area contributed by atoms with E-state index in [0.29, 0.717) is 18.7 Å². The number of benzene rings is 3. The highest BCUT2D eigenvalue weighted by molar-refractivity contribution is 5.84. The molecule has 4 rings (SSSR count). The molecule has 1 aromatic heterocycles. The van der Waals surface area contributed by atoms with Gasteiger partial charge in [0.1, 0.15) is 6.04 Å². The zero-order chi connectivity index (χ0) is 24.6. The summed E-state index contributed by atoms with van der Waals surface area (Å²) in [7, 11) is 0. The van der Waals surface area contributed by atoms with Crippen LogP contribution in [0.1, 0.15) is 30.9 Å². The number of hydrogen-bond acceptors (Lipinski definition) is 5. The number of carbonyl (C=O) groups excluding carboxylic acids is 1. The maximum Gasteiger partial charge on any atom is 0.326 e. The van der Waals surface area contributed by atoms with Gasteiger partial charge in [-0.1, -0.05) is 85.8 Å². The van der Waals surface area contributed by atoms with Crippen molar-refractivity contribution in [2.24, 2.45) is 0 Å². The predicted octanol–water partition coefficient (Wildman–Crippen LogP) is 4.36. The van der Waals surface area contributed by atoms with Gasteiger partial charge in [0.05, 0.1) is 0 Å². The molecule has 0 saturated heterocycles. The average molecular weight is 470 g/mol. The van der Waals surface area contributed by atoms with E-state index in [-0.39, 0.29) is 18.9 Å². The summed E-state index contributed by atoms with van der Waals surface area (Å²) in [6, 6.07) is 24.0. The average Bonchev–Trinajstić information content (AvgIpc) is 3.42. The van der Waals surface area contributed by atoms with Crippen LogP contribution in [0, 0.1) is 0 Å². The Labute approximate surface area is 203 Å². The minimum atomic E-state index is -1.01. The molecular weight excluding hydrogens is 442 g/mol. The molecule has 178 valence electrons. The Morgan fingerprint density at radius 2 is 1.60 bits per heavy atom. The lowest BCUT2D eigenvalue weighted by Gasteiger charge is -2.29. The van der Waals surface area contributed by atoms with Crippen LogP contribution in [0.4, 0.5) is 0 Å². The summed E-state index contributed by atoms with van der Waals surface area (Å²) in [6.45, 7) is 2.13. The largest absolute Gasteiger partial charge is 0.480 e. The molecule has 2 N–H and O–H groups in total. The number of tetrazole rings is 1. The minimum Gasteiger partial charge on any atom is -0.480 e. The molecule has 35 heavy (non-hydrogen) atoms. The highest BCUT2D eigenvalue weighted by Gasteiger charge is 2.29. The van der Waals surface area contributed by atoms with Crippen LogP contribution in [0.5, 0.6) is 0 Å². The Balaban J connectivity index is 1.60. The molecule has 0 aliphatic carbocycles. The highest BCUT2D eigenvalue weighted by atomic mass is 16.4. The Bertz CT molecular complexity index is 1260. The molecule has 0 unspecified atom stereocenters. The van der Waals surface area contributed by atoms with Gasteiger partial charge in [0.15, 0.2) is 5.82 Å². The molecule has 0 radical (unpaired) electrons. The first-order valence-electron chi connectivity index (χ1n) is 11.6.